The minimum atomic E-state index is -0.329. The average Bonchev–Trinajstić information content (AvgIpc) is 3.48. The SMILES string of the molecule is CCNC(=NCc1ccc(OCC)c(F)c1)NC1CCN(C2CC2)CC1.I. The molecular weight excluding hydrogens is 458 g/mol. The Bertz CT molecular complexity index is 616. The first kappa shape index (κ1) is 22.2. The van der Waals surface area contributed by atoms with Gasteiger partial charge in [-0.05, 0) is 57.2 Å². The maximum absolute atomic E-state index is 14.0. The van der Waals surface area contributed by atoms with Crippen LogP contribution in [0.4, 0.5) is 4.39 Å². The van der Waals surface area contributed by atoms with Crippen LogP contribution in [-0.4, -0.2) is 49.2 Å². The lowest BCUT2D eigenvalue weighted by molar-refractivity contribution is 0.197. The number of aliphatic imine (C=N–C) groups is 1. The molecule has 1 heterocycles. The third-order valence-corrected chi connectivity index (χ3v) is 4.99. The van der Waals surface area contributed by atoms with Crippen molar-refractivity contribution in [2.24, 2.45) is 4.99 Å². The molecule has 3 rings (SSSR count). The second-order valence-electron chi connectivity index (χ2n) is 7.08. The van der Waals surface area contributed by atoms with E-state index in [1.54, 1.807) is 6.07 Å². The van der Waals surface area contributed by atoms with Gasteiger partial charge in [0.25, 0.3) is 0 Å². The van der Waals surface area contributed by atoms with Crippen LogP contribution in [0.25, 0.3) is 0 Å². The molecule has 0 amide bonds. The van der Waals surface area contributed by atoms with Gasteiger partial charge in [0, 0.05) is 31.7 Å². The van der Waals surface area contributed by atoms with Gasteiger partial charge in [0.2, 0.25) is 0 Å². The number of likely N-dealkylation sites (tertiary alicyclic amines) is 1. The minimum Gasteiger partial charge on any atom is -0.491 e. The molecule has 1 aromatic rings. The molecule has 1 saturated heterocycles. The number of hydrogen-bond donors (Lipinski definition) is 2. The quantitative estimate of drug-likeness (QED) is 0.349. The van der Waals surface area contributed by atoms with Gasteiger partial charge in [-0.25, -0.2) is 9.38 Å². The molecule has 0 bridgehead atoms. The fourth-order valence-corrected chi connectivity index (χ4v) is 3.45. The van der Waals surface area contributed by atoms with Crippen LogP contribution >= 0.6 is 24.0 Å². The predicted molar refractivity (Wildman–Crippen MR) is 119 cm³/mol. The van der Waals surface area contributed by atoms with Crippen molar-refractivity contribution in [2.75, 3.05) is 26.2 Å². The smallest absolute Gasteiger partial charge is 0.191 e. The highest BCUT2D eigenvalue weighted by atomic mass is 127. The van der Waals surface area contributed by atoms with Gasteiger partial charge in [0.1, 0.15) is 0 Å². The van der Waals surface area contributed by atoms with E-state index in [-0.39, 0.29) is 29.8 Å². The number of benzene rings is 1. The lowest BCUT2D eigenvalue weighted by atomic mass is 10.1. The van der Waals surface area contributed by atoms with Gasteiger partial charge in [-0.1, -0.05) is 6.07 Å². The summed E-state index contributed by atoms with van der Waals surface area (Å²) in [5.41, 5.74) is 0.840. The number of nitrogens with one attached hydrogen (secondary N) is 2. The monoisotopic (exact) mass is 490 g/mol. The van der Waals surface area contributed by atoms with Gasteiger partial charge in [-0.2, -0.15) is 0 Å². The first-order valence-electron chi connectivity index (χ1n) is 9.89. The summed E-state index contributed by atoms with van der Waals surface area (Å²) >= 11 is 0. The number of hydrogen-bond acceptors (Lipinski definition) is 3. The Labute approximate surface area is 179 Å². The average molecular weight is 490 g/mol. The molecule has 0 spiro atoms. The molecule has 1 aliphatic carbocycles. The molecule has 5 nitrogen and oxygen atoms in total. The second kappa shape index (κ2) is 11.0. The van der Waals surface area contributed by atoms with Crippen molar-refractivity contribution < 1.29 is 9.13 Å². The van der Waals surface area contributed by atoms with Crippen LogP contribution in [0.1, 0.15) is 45.1 Å². The fourth-order valence-electron chi connectivity index (χ4n) is 3.45. The van der Waals surface area contributed by atoms with Crippen LogP contribution in [0.15, 0.2) is 23.2 Å². The summed E-state index contributed by atoms with van der Waals surface area (Å²) in [6.07, 6.45) is 5.05. The minimum absolute atomic E-state index is 0. The summed E-state index contributed by atoms with van der Waals surface area (Å²) in [6.45, 7) is 7.97. The maximum atomic E-state index is 14.0. The van der Waals surface area contributed by atoms with Crippen LogP contribution in [0, 0.1) is 5.82 Å². The van der Waals surface area contributed by atoms with Crippen LogP contribution in [0.5, 0.6) is 5.75 Å². The Morgan fingerprint density at radius 3 is 2.56 bits per heavy atom. The zero-order valence-corrected chi connectivity index (χ0v) is 18.7. The highest BCUT2D eigenvalue weighted by Crippen LogP contribution is 2.29. The van der Waals surface area contributed by atoms with E-state index in [0.717, 1.165) is 37.0 Å². The lowest BCUT2D eigenvalue weighted by Gasteiger charge is -2.33. The zero-order chi connectivity index (χ0) is 18.4. The summed E-state index contributed by atoms with van der Waals surface area (Å²) in [4.78, 5) is 7.25. The normalized spacial score (nSPS) is 18.7. The summed E-state index contributed by atoms with van der Waals surface area (Å²) < 4.78 is 19.2. The molecule has 0 unspecified atom stereocenters. The van der Waals surface area contributed by atoms with Crippen LogP contribution in [-0.2, 0) is 6.54 Å². The number of rotatable bonds is 7. The standard InChI is InChI=1S/C20H31FN4O.HI/c1-3-22-20(24-16-9-11-25(12-10-16)17-6-7-17)23-14-15-5-8-19(26-4-2)18(21)13-15;/h5,8,13,16-17H,3-4,6-7,9-12,14H2,1-2H3,(H2,22,23,24);1H. The number of piperidine rings is 1. The van der Waals surface area contributed by atoms with Gasteiger partial charge in [0.15, 0.2) is 17.5 Å². The van der Waals surface area contributed by atoms with Crippen molar-refractivity contribution in [3.8, 4) is 5.75 Å². The van der Waals surface area contributed by atoms with E-state index >= 15 is 0 Å². The molecular formula is C20H32FIN4O. The van der Waals surface area contributed by atoms with Crippen molar-refractivity contribution in [1.29, 1.82) is 0 Å². The molecule has 2 N–H and O–H groups in total. The van der Waals surface area contributed by atoms with E-state index in [0.29, 0.717) is 24.9 Å². The van der Waals surface area contributed by atoms with Gasteiger partial charge < -0.3 is 20.3 Å². The van der Waals surface area contributed by atoms with E-state index in [4.69, 9.17) is 4.74 Å². The molecule has 152 valence electrons. The van der Waals surface area contributed by atoms with E-state index in [1.165, 1.54) is 32.0 Å². The molecule has 1 aliphatic heterocycles. The van der Waals surface area contributed by atoms with Crippen molar-refractivity contribution in [3.63, 3.8) is 0 Å². The molecule has 2 aliphatic rings. The molecule has 1 aromatic carbocycles. The third kappa shape index (κ3) is 6.78. The fraction of sp³-hybridized carbons (Fsp3) is 0.650. The Morgan fingerprint density at radius 1 is 1.22 bits per heavy atom. The van der Waals surface area contributed by atoms with Crippen LogP contribution < -0.4 is 15.4 Å². The van der Waals surface area contributed by atoms with E-state index in [9.17, 15) is 4.39 Å². The summed E-state index contributed by atoms with van der Waals surface area (Å²) in [5.74, 6) is 0.782. The summed E-state index contributed by atoms with van der Waals surface area (Å²) in [5, 5.41) is 6.85. The lowest BCUT2D eigenvalue weighted by Crippen LogP contribution is -2.49. The van der Waals surface area contributed by atoms with Crippen molar-refractivity contribution >= 4 is 29.9 Å². The Hall–Kier alpha value is -1.09. The second-order valence-corrected chi connectivity index (χ2v) is 7.08. The van der Waals surface area contributed by atoms with Gasteiger partial charge in [-0.15, -0.1) is 24.0 Å². The maximum Gasteiger partial charge on any atom is 0.191 e. The van der Waals surface area contributed by atoms with Gasteiger partial charge >= 0.3 is 0 Å². The molecule has 0 atom stereocenters. The zero-order valence-electron chi connectivity index (χ0n) is 16.3. The Kier molecular flexibility index (Phi) is 9.08. The Balaban J connectivity index is 0.00000261. The van der Waals surface area contributed by atoms with E-state index in [2.05, 4.69) is 27.4 Å². The molecule has 2 fully saturated rings. The summed E-state index contributed by atoms with van der Waals surface area (Å²) in [6, 6.07) is 6.37. The first-order valence-corrected chi connectivity index (χ1v) is 9.89. The van der Waals surface area contributed by atoms with Crippen molar-refractivity contribution in [2.45, 2.75) is 58.2 Å². The predicted octanol–water partition coefficient (Wildman–Crippen LogP) is 3.52. The van der Waals surface area contributed by atoms with Crippen LogP contribution in [0.2, 0.25) is 0 Å². The van der Waals surface area contributed by atoms with E-state index < -0.39 is 0 Å². The number of halogens is 2. The third-order valence-electron chi connectivity index (χ3n) is 4.99. The van der Waals surface area contributed by atoms with Crippen molar-refractivity contribution in [1.82, 2.24) is 15.5 Å². The first-order chi connectivity index (χ1) is 12.7. The molecule has 0 aromatic heterocycles. The molecule has 27 heavy (non-hydrogen) atoms. The van der Waals surface area contributed by atoms with E-state index in [1.807, 2.05) is 13.0 Å². The molecule has 1 saturated carbocycles. The van der Waals surface area contributed by atoms with Crippen LogP contribution in [0.3, 0.4) is 0 Å². The van der Waals surface area contributed by atoms with Crippen molar-refractivity contribution in [3.05, 3.63) is 29.6 Å². The molecule has 7 heteroatoms. The topological polar surface area (TPSA) is 48.9 Å². The highest BCUT2D eigenvalue weighted by Gasteiger charge is 2.31. The molecule has 0 radical (unpaired) electrons. The number of ether oxygens (including phenoxy) is 1. The number of guanidine groups is 1. The van der Waals surface area contributed by atoms with Gasteiger partial charge in [-0.3, -0.25) is 0 Å². The summed E-state index contributed by atoms with van der Waals surface area (Å²) in [7, 11) is 0. The number of nitrogens with zero attached hydrogens (tertiary/aromatic N) is 2. The highest BCUT2D eigenvalue weighted by molar-refractivity contribution is 14.0. The Morgan fingerprint density at radius 2 is 1.96 bits per heavy atom. The largest absolute Gasteiger partial charge is 0.491 e. The van der Waals surface area contributed by atoms with Gasteiger partial charge in [0.05, 0.1) is 13.2 Å².